The Labute approximate surface area is 58.0 Å². The van der Waals surface area contributed by atoms with E-state index in [0.29, 0.717) is 0 Å². The molecule has 0 nitrogen and oxygen atoms in total. The summed E-state index contributed by atoms with van der Waals surface area (Å²) in [4.78, 5) is 0. The second-order valence-electron chi connectivity index (χ2n) is 2.70. The van der Waals surface area contributed by atoms with E-state index in [1.807, 2.05) is 0 Å². The van der Waals surface area contributed by atoms with E-state index < -0.39 is 0 Å². The van der Waals surface area contributed by atoms with Crippen molar-refractivity contribution in [3.05, 3.63) is 18.1 Å². The Hall–Kier alpha value is -0.260. The van der Waals surface area contributed by atoms with Crippen molar-refractivity contribution in [2.45, 2.75) is 39.0 Å². The minimum Gasteiger partial charge on any atom is -0.0879 e. The third-order valence-electron chi connectivity index (χ3n) is 1.62. The molecule has 0 unspecified atom stereocenters. The van der Waals surface area contributed by atoms with Crippen LogP contribution in [0, 0.1) is 5.92 Å². The maximum atomic E-state index is 2.31. The number of hydrogen-bond donors (Lipinski definition) is 0. The van der Waals surface area contributed by atoms with E-state index in [1.54, 1.807) is 5.92 Å². The maximum absolute atomic E-state index is 2.31. The quantitative estimate of drug-likeness (QED) is 0.504. The third kappa shape index (κ3) is 3.34. The van der Waals surface area contributed by atoms with Crippen LogP contribution in [0.3, 0.4) is 0 Å². The van der Waals surface area contributed by atoms with Gasteiger partial charge < -0.3 is 0 Å². The van der Waals surface area contributed by atoms with Crippen molar-refractivity contribution in [1.82, 2.24) is 0 Å². The first-order chi connectivity index (χ1) is 4.43. The van der Waals surface area contributed by atoms with Gasteiger partial charge in [-0.15, -0.1) is 0 Å². The van der Waals surface area contributed by atoms with Crippen LogP contribution in [0.4, 0.5) is 0 Å². The van der Waals surface area contributed by atoms with E-state index in [1.165, 1.54) is 32.1 Å². The zero-order valence-corrected chi connectivity index (χ0v) is 6.19. The first kappa shape index (κ1) is 6.85. The van der Waals surface area contributed by atoms with Crippen molar-refractivity contribution >= 4 is 0 Å². The van der Waals surface area contributed by atoms with Crippen LogP contribution >= 0.6 is 0 Å². The molecule has 0 aliphatic heterocycles. The highest BCUT2D eigenvalue weighted by Crippen LogP contribution is 2.32. The van der Waals surface area contributed by atoms with Gasteiger partial charge in [0.05, 0.1) is 0 Å². The maximum Gasteiger partial charge on any atom is -0.00267 e. The molecule has 0 bridgehead atoms. The van der Waals surface area contributed by atoms with Gasteiger partial charge in [-0.3, -0.25) is 0 Å². The van der Waals surface area contributed by atoms with E-state index >= 15 is 0 Å². The van der Waals surface area contributed by atoms with Gasteiger partial charge in [0, 0.05) is 0 Å². The standard InChI is InChI=1S/C9H15/c1-2-3-4-5-6-9-7-8-9/h5-6H,2-4,7-8H2,1H3. The second-order valence-corrected chi connectivity index (χ2v) is 2.70. The predicted octanol–water partition coefficient (Wildman–Crippen LogP) is 3.10. The van der Waals surface area contributed by atoms with Gasteiger partial charge in [-0.1, -0.05) is 31.9 Å². The summed E-state index contributed by atoms with van der Waals surface area (Å²) in [6.07, 6.45) is 11.3. The number of hydrogen-bond acceptors (Lipinski definition) is 0. The summed E-state index contributed by atoms with van der Waals surface area (Å²) < 4.78 is 0. The fourth-order valence-electron chi connectivity index (χ4n) is 0.811. The van der Waals surface area contributed by atoms with Gasteiger partial charge in [0.25, 0.3) is 0 Å². The Balaban J connectivity index is 1.89. The van der Waals surface area contributed by atoms with E-state index in [-0.39, 0.29) is 0 Å². The predicted molar refractivity (Wildman–Crippen MR) is 41.1 cm³/mol. The largest absolute Gasteiger partial charge is 0.0879 e. The zero-order chi connectivity index (χ0) is 6.53. The Bertz CT molecular complexity index is 88.2. The lowest BCUT2D eigenvalue weighted by atomic mass is 10.2. The van der Waals surface area contributed by atoms with Crippen molar-refractivity contribution < 1.29 is 0 Å². The molecule has 0 heteroatoms. The molecule has 0 aromatic heterocycles. The van der Waals surface area contributed by atoms with Crippen molar-refractivity contribution in [1.29, 1.82) is 0 Å². The Morgan fingerprint density at radius 3 is 2.78 bits per heavy atom. The molecule has 9 heavy (non-hydrogen) atoms. The molecule has 51 valence electrons. The van der Waals surface area contributed by atoms with Gasteiger partial charge in [-0.25, -0.2) is 0 Å². The van der Waals surface area contributed by atoms with Crippen molar-refractivity contribution in [2.24, 2.45) is 0 Å². The molecule has 0 amide bonds. The zero-order valence-electron chi connectivity index (χ0n) is 6.19. The molecule has 0 saturated heterocycles. The summed E-state index contributed by atoms with van der Waals surface area (Å²) in [5, 5.41) is 0. The fourth-order valence-corrected chi connectivity index (χ4v) is 0.811. The Kier molecular flexibility index (Phi) is 2.82. The highest BCUT2D eigenvalue weighted by molar-refractivity contribution is 5.20. The van der Waals surface area contributed by atoms with Crippen LogP contribution in [0.15, 0.2) is 12.2 Å². The van der Waals surface area contributed by atoms with Crippen molar-refractivity contribution in [2.75, 3.05) is 0 Å². The summed E-state index contributed by atoms with van der Waals surface area (Å²) >= 11 is 0. The normalized spacial score (nSPS) is 19.2. The van der Waals surface area contributed by atoms with Crippen LogP contribution in [-0.2, 0) is 0 Å². The lowest BCUT2D eigenvalue weighted by Crippen LogP contribution is -1.66. The molecular formula is C9H15. The van der Waals surface area contributed by atoms with Crippen LogP contribution in [0.5, 0.6) is 0 Å². The van der Waals surface area contributed by atoms with Crippen LogP contribution in [0.1, 0.15) is 39.0 Å². The summed E-state index contributed by atoms with van der Waals surface area (Å²) in [6.45, 7) is 2.23. The molecule has 1 saturated carbocycles. The number of rotatable bonds is 4. The molecule has 0 spiro atoms. The van der Waals surface area contributed by atoms with Crippen LogP contribution in [0.25, 0.3) is 0 Å². The van der Waals surface area contributed by atoms with E-state index in [4.69, 9.17) is 0 Å². The molecule has 1 rings (SSSR count). The van der Waals surface area contributed by atoms with Gasteiger partial charge in [0.1, 0.15) is 0 Å². The summed E-state index contributed by atoms with van der Waals surface area (Å²) in [5.41, 5.74) is 0. The topological polar surface area (TPSA) is 0 Å². The number of allylic oxidation sites excluding steroid dienone is 2. The summed E-state index contributed by atoms with van der Waals surface area (Å²) in [6, 6.07) is 0. The SMILES string of the molecule is CCCCC=C[C]1CC1. The molecule has 0 N–H and O–H groups in total. The molecule has 0 atom stereocenters. The minimum absolute atomic E-state index is 1.28. The lowest BCUT2D eigenvalue weighted by molar-refractivity contribution is 0.814. The third-order valence-corrected chi connectivity index (χ3v) is 1.62. The molecule has 0 aromatic carbocycles. The minimum atomic E-state index is 1.28. The van der Waals surface area contributed by atoms with Crippen LogP contribution < -0.4 is 0 Å². The molecule has 1 radical (unpaired) electrons. The smallest absolute Gasteiger partial charge is 0.00267 e. The van der Waals surface area contributed by atoms with E-state index in [2.05, 4.69) is 19.1 Å². The Morgan fingerprint density at radius 2 is 2.22 bits per heavy atom. The van der Waals surface area contributed by atoms with Gasteiger partial charge in [0.15, 0.2) is 0 Å². The first-order valence-corrected chi connectivity index (χ1v) is 3.94. The summed E-state index contributed by atoms with van der Waals surface area (Å²) in [5.74, 6) is 1.64. The molecule has 1 aliphatic rings. The average Bonchev–Trinajstić information content (AvgIpc) is 2.63. The Morgan fingerprint density at radius 1 is 1.44 bits per heavy atom. The van der Waals surface area contributed by atoms with E-state index in [9.17, 15) is 0 Å². The van der Waals surface area contributed by atoms with E-state index in [0.717, 1.165) is 0 Å². The van der Waals surface area contributed by atoms with Gasteiger partial charge >= 0.3 is 0 Å². The van der Waals surface area contributed by atoms with Crippen LogP contribution in [0.2, 0.25) is 0 Å². The number of unbranched alkanes of at least 4 members (excludes halogenated alkanes) is 2. The van der Waals surface area contributed by atoms with Gasteiger partial charge in [0.2, 0.25) is 0 Å². The molecular weight excluding hydrogens is 108 g/mol. The van der Waals surface area contributed by atoms with Crippen molar-refractivity contribution in [3.63, 3.8) is 0 Å². The fraction of sp³-hybridized carbons (Fsp3) is 0.667. The van der Waals surface area contributed by atoms with Crippen LogP contribution in [-0.4, -0.2) is 0 Å². The lowest BCUT2D eigenvalue weighted by Gasteiger charge is -1.86. The van der Waals surface area contributed by atoms with Gasteiger partial charge in [-0.05, 0) is 25.2 Å². The highest BCUT2D eigenvalue weighted by Gasteiger charge is 2.17. The molecule has 1 aliphatic carbocycles. The molecule has 1 fully saturated rings. The first-order valence-electron chi connectivity index (χ1n) is 3.94. The van der Waals surface area contributed by atoms with Crippen molar-refractivity contribution in [3.8, 4) is 0 Å². The molecule has 0 aromatic rings. The van der Waals surface area contributed by atoms with Gasteiger partial charge in [-0.2, -0.15) is 0 Å². The second kappa shape index (κ2) is 3.71. The highest BCUT2D eigenvalue weighted by atomic mass is 14.2. The molecule has 0 heterocycles. The summed E-state index contributed by atoms with van der Waals surface area (Å²) in [7, 11) is 0. The monoisotopic (exact) mass is 123 g/mol. The average molecular weight is 123 g/mol.